The minimum absolute atomic E-state index is 0.0652. The van der Waals surface area contributed by atoms with Crippen LogP contribution >= 0.6 is 0 Å². The summed E-state index contributed by atoms with van der Waals surface area (Å²) in [4.78, 5) is 4.12. The molecular weight excluding hydrogens is 226 g/mol. The number of nitrogens with one attached hydrogen (secondary N) is 1. The second-order valence-corrected chi connectivity index (χ2v) is 4.11. The standard InChI is InChI=1S/C14H17N3O/c1-10-8-12(18-2)5-6-13(10)14(17-15)11-4-3-7-16-9-11/h3-9,14,17H,15H2,1-2H3. The van der Waals surface area contributed by atoms with Gasteiger partial charge in [0, 0.05) is 12.4 Å². The lowest BCUT2D eigenvalue weighted by atomic mass is 9.96. The summed E-state index contributed by atoms with van der Waals surface area (Å²) in [5.74, 6) is 6.51. The van der Waals surface area contributed by atoms with Crippen molar-refractivity contribution in [2.45, 2.75) is 13.0 Å². The molecule has 0 aliphatic rings. The van der Waals surface area contributed by atoms with Crippen molar-refractivity contribution in [3.8, 4) is 5.75 Å². The van der Waals surface area contributed by atoms with Crippen molar-refractivity contribution < 1.29 is 4.74 Å². The van der Waals surface area contributed by atoms with E-state index >= 15 is 0 Å². The van der Waals surface area contributed by atoms with Crippen LogP contribution in [0.5, 0.6) is 5.75 Å². The van der Waals surface area contributed by atoms with Crippen molar-refractivity contribution in [1.82, 2.24) is 10.4 Å². The van der Waals surface area contributed by atoms with Crippen LogP contribution in [0.15, 0.2) is 42.7 Å². The van der Waals surface area contributed by atoms with Crippen LogP contribution in [0.1, 0.15) is 22.7 Å². The van der Waals surface area contributed by atoms with E-state index in [2.05, 4.69) is 10.4 Å². The van der Waals surface area contributed by atoms with Crippen molar-refractivity contribution in [1.29, 1.82) is 0 Å². The van der Waals surface area contributed by atoms with E-state index < -0.39 is 0 Å². The molecule has 4 nitrogen and oxygen atoms in total. The molecule has 0 radical (unpaired) electrons. The second-order valence-electron chi connectivity index (χ2n) is 4.11. The molecule has 0 aliphatic carbocycles. The van der Waals surface area contributed by atoms with E-state index in [-0.39, 0.29) is 6.04 Å². The number of rotatable bonds is 4. The van der Waals surface area contributed by atoms with Crippen molar-refractivity contribution >= 4 is 0 Å². The van der Waals surface area contributed by atoms with Crippen LogP contribution in [0.4, 0.5) is 0 Å². The summed E-state index contributed by atoms with van der Waals surface area (Å²) < 4.78 is 5.21. The van der Waals surface area contributed by atoms with Gasteiger partial charge in [-0.15, -0.1) is 0 Å². The van der Waals surface area contributed by atoms with Gasteiger partial charge in [-0.3, -0.25) is 10.8 Å². The summed E-state index contributed by atoms with van der Waals surface area (Å²) in [7, 11) is 1.66. The molecular formula is C14H17N3O. The van der Waals surface area contributed by atoms with Gasteiger partial charge in [0.2, 0.25) is 0 Å². The Balaban J connectivity index is 2.39. The number of hydrazine groups is 1. The zero-order chi connectivity index (χ0) is 13.0. The Kier molecular flexibility index (Phi) is 3.92. The van der Waals surface area contributed by atoms with E-state index in [4.69, 9.17) is 10.6 Å². The number of hydrogen-bond acceptors (Lipinski definition) is 4. The summed E-state index contributed by atoms with van der Waals surface area (Å²) in [6, 6.07) is 9.79. The van der Waals surface area contributed by atoms with Gasteiger partial charge in [0.05, 0.1) is 13.2 Å². The predicted molar refractivity (Wildman–Crippen MR) is 71.1 cm³/mol. The molecule has 1 unspecified atom stereocenters. The van der Waals surface area contributed by atoms with Crippen LogP contribution in [-0.4, -0.2) is 12.1 Å². The maximum Gasteiger partial charge on any atom is 0.119 e. The van der Waals surface area contributed by atoms with Crippen LogP contribution in [0.25, 0.3) is 0 Å². The third-order valence-corrected chi connectivity index (χ3v) is 2.97. The molecule has 18 heavy (non-hydrogen) atoms. The lowest BCUT2D eigenvalue weighted by molar-refractivity contribution is 0.414. The minimum atomic E-state index is -0.0652. The van der Waals surface area contributed by atoms with Gasteiger partial charge >= 0.3 is 0 Å². The van der Waals surface area contributed by atoms with Gasteiger partial charge in [-0.05, 0) is 41.8 Å². The highest BCUT2D eigenvalue weighted by molar-refractivity contribution is 5.40. The number of methoxy groups -OCH3 is 1. The summed E-state index contributed by atoms with van der Waals surface area (Å²) in [5.41, 5.74) is 6.11. The Morgan fingerprint density at radius 2 is 2.17 bits per heavy atom. The molecule has 0 spiro atoms. The first-order valence-electron chi connectivity index (χ1n) is 5.77. The predicted octanol–water partition coefficient (Wildman–Crippen LogP) is 1.95. The Bertz CT molecular complexity index is 514. The lowest BCUT2D eigenvalue weighted by Crippen LogP contribution is -2.29. The Morgan fingerprint density at radius 1 is 1.33 bits per heavy atom. The maximum atomic E-state index is 5.67. The molecule has 3 N–H and O–H groups in total. The van der Waals surface area contributed by atoms with Crippen molar-refractivity contribution in [3.05, 3.63) is 59.4 Å². The molecule has 0 fully saturated rings. The quantitative estimate of drug-likeness (QED) is 0.636. The largest absolute Gasteiger partial charge is 0.497 e. The average molecular weight is 243 g/mol. The summed E-state index contributed by atoms with van der Waals surface area (Å²) in [6.45, 7) is 2.04. The number of aryl methyl sites for hydroxylation is 1. The lowest BCUT2D eigenvalue weighted by Gasteiger charge is -2.19. The summed E-state index contributed by atoms with van der Waals surface area (Å²) >= 11 is 0. The van der Waals surface area contributed by atoms with Crippen molar-refractivity contribution in [3.63, 3.8) is 0 Å². The normalized spacial score (nSPS) is 12.2. The van der Waals surface area contributed by atoms with Crippen LogP contribution in [0, 0.1) is 6.92 Å². The minimum Gasteiger partial charge on any atom is -0.497 e. The number of ether oxygens (including phenoxy) is 1. The number of benzene rings is 1. The van der Waals surface area contributed by atoms with Gasteiger partial charge in [-0.1, -0.05) is 12.1 Å². The molecule has 4 heteroatoms. The number of nitrogens with zero attached hydrogens (tertiary/aromatic N) is 1. The number of aromatic nitrogens is 1. The van der Waals surface area contributed by atoms with Gasteiger partial charge < -0.3 is 4.74 Å². The molecule has 0 aliphatic heterocycles. The third-order valence-electron chi connectivity index (χ3n) is 2.97. The SMILES string of the molecule is COc1ccc(C(NN)c2cccnc2)c(C)c1. The fourth-order valence-electron chi connectivity index (χ4n) is 2.01. The number of pyridine rings is 1. The molecule has 2 aromatic rings. The van der Waals surface area contributed by atoms with Crippen molar-refractivity contribution in [2.75, 3.05) is 7.11 Å². The van der Waals surface area contributed by atoms with Crippen LogP contribution in [0.2, 0.25) is 0 Å². The summed E-state index contributed by atoms with van der Waals surface area (Å²) in [6.07, 6.45) is 3.56. The molecule has 0 bridgehead atoms. The molecule has 1 aromatic carbocycles. The second kappa shape index (κ2) is 5.62. The molecule has 0 amide bonds. The number of nitrogens with two attached hydrogens (primary N) is 1. The van der Waals surface area contributed by atoms with E-state index in [1.807, 2.05) is 43.5 Å². The maximum absolute atomic E-state index is 5.67. The zero-order valence-electron chi connectivity index (χ0n) is 10.6. The molecule has 1 aromatic heterocycles. The van der Waals surface area contributed by atoms with Gasteiger partial charge in [0.15, 0.2) is 0 Å². The van der Waals surface area contributed by atoms with Gasteiger partial charge in [-0.2, -0.15) is 0 Å². The fraction of sp³-hybridized carbons (Fsp3) is 0.214. The Hall–Kier alpha value is -1.91. The molecule has 1 heterocycles. The van der Waals surface area contributed by atoms with Gasteiger partial charge in [-0.25, -0.2) is 5.43 Å². The van der Waals surface area contributed by atoms with E-state index in [1.54, 1.807) is 13.3 Å². The first kappa shape index (κ1) is 12.5. The molecule has 1 atom stereocenters. The zero-order valence-corrected chi connectivity index (χ0v) is 10.6. The van der Waals surface area contributed by atoms with E-state index in [0.717, 1.165) is 22.4 Å². The van der Waals surface area contributed by atoms with E-state index in [1.165, 1.54) is 0 Å². The molecule has 94 valence electrons. The van der Waals surface area contributed by atoms with Gasteiger partial charge in [0.25, 0.3) is 0 Å². The van der Waals surface area contributed by atoms with Crippen LogP contribution < -0.4 is 16.0 Å². The molecule has 0 saturated carbocycles. The highest BCUT2D eigenvalue weighted by atomic mass is 16.5. The Morgan fingerprint density at radius 3 is 2.72 bits per heavy atom. The number of hydrogen-bond donors (Lipinski definition) is 2. The first-order chi connectivity index (χ1) is 8.76. The average Bonchev–Trinajstić information content (AvgIpc) is 2.42. The fourth-order valence-corrected chi connectivity index (χ4v) is 2.01. The Labute approximate surface area is 107 Å². The highest BCUT2D eigenvalue weighted by Gasteiger charge is 2.14. The first-order valence-corrected chi connectivity index (χ1v) is 5.77. The van der Waals surface area contributed by atoms with Gasteiger partial charge in [0.1, 0.15) is 5.75 Å². The highest BCUT2D eigenvalue weighted by Crippen LogP contribution is 2.26. The third kappa shape index (κ3) is 2.50. The summed E-state index contributed by atoms with van der Waals surface area (Å²) in [5, 5.41) is 0. The monoisotopic (exact) mass is 243 g/mol. The molecule has 2 rings (SSSR count). The van der Waals surface area contributed by atoms with Crippen molar-refractivity contribution in [2.24, 2.45) is 5.84 Å². The topological polar surface area (TPSA) is 60.2 Å². The van der Waals surface area contributed by atoms with Crippen LogP contribution in [0.3, 0.4) is 0 Å². The van der Waals surface area contributed by atoms with E-state index in [0.29, 0.717) is 0 Å². The van der Waals surface area contributed by atoms with Crippen LogP contribution in [-0.2, 0) is 0 Å². The van der Waals surface area contributed by atoms with E-state index in [9.17, 15) is 0 Å². The smallest absolute Gasteiger partial charge is 0.119 e. The molecule has 0 saturated heterocycles.